The molecule has 1 atom stereocenters. The number of hydrogen-bond acceptors (Lipinski definition) is 6. The number of thioether (sulfide) groups is 1. The Morgan fingerprint density at radius 1 is 1.32 bits per heavy atom. The third-order valence-electron chi connectivity index (χ3n) is 4.14. The standard InChI is InChI=1S/C17H18FN5OS/c1-25-17-21-15(20-12-6-4-5-11(18)9-12)14-16(22-17)23(10-19-14)13-7-2-3-8-24-13/h4-6,9-10,13H,2-3,7-8H2,1H3,(H,20,21,22). The Morgan fingerprint density at radius 2 is 2.24 bits per heavy atom. The van der Waals surface area contributed by atoms with Crippen molar-refractivity contribution < 1.29 is 9.13 Å². The number of anilines is 2. The molecule has 0 saturated carbocycles. The Labute approximate surface area is 148 Å². The second-order valence-electron chi connectivity index (χ2n) is 5.84. The molecule has 3 heterocycles. The first-order valence-corrected chi connectivity index (χ1v) is 9.40. The molecule has 0 bridgehead atoms. The summed E-state index contributed by atoms with van der Waals surface area (Å²) >= 11 is 1.45. The minimum absolute atomic E-state index is 0.0506. The molecule has 4 rings (SSSR count). The van der Waals surface area contributed by atoms with Crippen molar-refractivity contribution in [2.45, 2.75) is 30.6 Å². The van der Waals surface area contributed by atoms with Crippen molar-refractivity contribution in [2.24, 2.45) is 0 Å². The molecule has 1 saturated heterocycles. The van der Waals surface area contributed by atoms with Gasteiger partial charge in [-0.1, -0.05) is 17.8 Å². The summed E-state index contributed by atoms with van der Waals surface area (Å²) in [7, 11) is 0. The van der Waals surface area contributed by atoms with Gasteiger partial charge >= 0.3 is 0 Å². The van der Waals surface area contributed by atoms with E-state index in [0.29, 0.717) is 22.2 Å². The van der Waals surface area contributed by atoms with Gasteiger partial charge in [0, 0.05) is 12.3 Å². The maximum atomic E-state index is 13.5. The Kier molecular flexibility index (Phi) is 4.54. The third kappa shape index (κ3) is 3.32. The zero-order valence-corrected chi connectivity index (χ0v) is 14.6. The summed E-state index contributed by atoms with van der Waals surface area (Å²) in [5, 5.41) is 3.79. The predicted molar refractivity (Wildman–Crippen MR) is 95.6 cm³/mol. The van der Waals surface area contributed by atoms with E-state index in [1.807, 2.05) is 10.8 Å². The number of nitrogens with zero attached hydrogens (tertiary/aromatic N) is 4. The van der Waals surface area contributed by atoms with E-state index in [1.54, 1.807) is 18.5 Å². The summed E-state index contributed by atoms with van der Waals surface area (Å²) in [4.78, 5) is 13.6. The molecule has 1 aromatic carbocycles. The topological polar surface area (TPSA) is 64.9 Å². The molecule has 1 aliphatic rings. The quantitative estimate of drug-likeness (QED) is 0.558. The van der Waals surface area contributed by atoms with Crippen LogP contribution in [-0.2, 0) is 4.74 Å². The number of rotatable bonds is 4. The number of hydrogen-bond donors (Lipinski definition) is 1. The van der Waals surface area contributed by atoms with Crippen LogP contribution in [0.5, 0.6) is 0 Å². The molecule has 0 radical (unpaired) electrons. The Balaban J connectivity index is 1.77. The van der Waals surface area contributed by atoms with E-state index in [9.17, 15) is 4.39 Å². The lowest BCUT2D eigenvalue weighted by Crippen LogP contribution is -2.17. The summed E-state index contributed by atoms with van der Waals surface area (Å²) in [6.07, 6.45) is 6.77. The lowest BCUT2D eigenvalue weighted by atomic mass is 10.2. The highest BCUT2D eigenvalue weighted by molar-refractivity contribution is 7.98. The number of fused-ring (bicyclic) bond motifs is 1. The predicted octanol–water partition coefficient (Wildman–Crippen LogP) is 4.13. The summed E-state index contributed by atoms with van der Waals surface area (Å²) in [5.41, 5.74) is 2.00. The molecule has 2 aromatic heterocycles. The van der Waals surface area contributed by atoms with E-state index >= 15 is 0 Å². The van der Waals surface area contributed by atoms with Gasteiger partial charge in [0.05, 0.1) is 6.33 Å². The fourth-order valence-electron chi connectivity index (χ4n) is 2.93. The van der Waals surface area contributed by atoms with Gasteiger partial charge in [0.25, 0.3) is 0 Å². The van der Waals surface area contributed by atoms with Crippen molar-refractivity contribution in [3.63, 3.8) is 0 Å². The van der Waals surface area contributed by atoms with Gasteiger partial charge in [0.2, 0.25) is 0 Å². The van der Waals surface area contributed by atoms with Crippen molar-refractivity contribution in [3.8, 4) is 0 Å². The Bertz CT molecular complexity index is 894. The highest BCUT2D eigenvalue weighted by Gasteiger charge is 2.21. The van der Waals surface area contributed by atoms with Gasteiger partial charge in [-0.25, -0.2) is 19.3 Å². The van der Waals surface area contributed by atoms with Crippen LogP contribution in [0.25, 0.3) is 11.2 Å². The van der Waals surface area contributed by atoms with Crippen molar-refractivity contribution in [1.29, 1.82) is 0 Å². The summed E-state index contributed by atoms with van der Waals surface area (Å²) < 4.78 is 21.3. The normalized spacial score (nSPS) is 17.8. The SMILES string of the molecule is CSc1nc(Nc2cccc(F)c2)c2ncn(C3CCCCO3)c2n1. The average Bonchev–Trinajstić information content (AvgIpc) is 3.06. The van der Waals surface area contributed by atoms with E-state index in [0.717, 1.165) is 31.5 Å². The van der Waals surface area contributed by atoms with Gasteiger partial charge in [0.1, 0.15) is 12.0 Å². The van der Waals surface area contributed by atoms with E-state index in [2.05, 4.69) is 20.3 Å². The number of benzene rings is 1. The van der Waals surface area contributed by atoms with Gasteiger partial charge in [0.15, 0.2) is 22.1 Å². The number of imidazole rings is 1. The fourth-order valence-corrected chi connectivity index (χ4v) is 3.29. The van der Waals surface area contributed by atoms with Crippen molar-refractivity contribution in [3.05, 3.63) is 36.4 Å². The first-order chi connectivity index (χ1) is 12.2. The molecular formula is C17H18FN5OS. The van der Waals surface area contributed by atoms with Crippen LogP contribution in [0, 0.1) is 5.82 Å². The lowest BCUT2D eigenvalue weighted by molar-refractivity contribution is -0.0298. The third-order valence-corrected chi connectivity index (χ3v) is 4.68. The van der Waals surface area contributed by atoms with Crippen LogP contribution in [0.3, 0.4) is 0 Å². The minimum atomic E-state index is -0.304. The molecular weight excluding hydrogens is 341 g/mol. The van der Waals surface area contributed by atoms with E-state index in [-0.39, 0.29) is 12.0 Å². The van der Waals surface area contributed by atoms with E-state index in [1.165, 1.54) is 23.9 Å². The number of aromatic nitrogens is 4. The average molecular weight is 359 g/mol. The molecule has 0 amide bonds. The summed E-state index contributed by atoms with van der Waals surface area (Å²) in [6, 6.07) is 6.27. The molecule has 1 unspecified atom stereocenters. The second-order valence-corrected chi connectivity index (χ2v) is 6.61. The zero-order valence-electron chi connectivity index (χ0n) is 13.8. The monoisotopic (exact) mass is 359 g/mol. The molecule has 1 N–H and O–H groups in total. The highest BCUT2D eigenvalue weighted by Crippen LogP contribution is 2.30. The molecule has 1 aliphatic heterocycles. The van der Waals surface area contributed by atoms with Gasteiger partial charge in [-0.15, -0.1) is 0 Å². The van der Waals surface area contributed by atoms with Crippen molar-refractivity contribution in [2.75, 3.05) is 18.2 Å². The first-order valence-electron chi connectivity index (χ1n) is 8.17. The smallest absolute Gasteiger partial charge is 0.191 e. The molecule has 1 fully saturated rings. The first kappa shape index (κ1) is 16.3. The van der Waals surface area contributed by atoms with Gasteiger partial charge < -0.3 is 10.1 Å². The maximum absolute atomic E-state index is 13.5. The van der Waals surface area contributed by atoms with Crippen LogP contribution in [0.15, 0.2) is 35.7 Å². The molecule has 0 aliphatic carbocycles. The van der Waals surface area contributed by atoms with E-state index in [4.69, 9.17) is 4.74 Å². The lowest BCUT2D eigenvalue weighted by Gasteiger charge is -2.23. The van der Waals surface area contributed by atoms with Crippen LogP contribution in [0.2, 0.25) is 0 Å². The molecule has 0 spiro atoms. The number of nitrogens with one attached hydrogen (secondary N) is 1. The van der Waals surface area contributed by atoms with Gasteiger partial charge in [-0.2, -0.15) is 0 Å². The van der Waals surface area contributed by atoms with Crippen LogP contribution in [0.1, 0.15) is 25.5 Å². The molecule has 130 valence electrons. The molecule has 25 heavy (non-hydrogen) atoms. The highest BCUT2D eigenvalue weighted by atomic mass is 32.2. The van der Waals surface area contributed by atoms with Crippen molar-refractivity contribution in [1.82, 2.24) is 19.5 Å². The van der Waals surface area contributed by atoms with E-state index < -0.39 is 0 Å². The fraction of sp³-hybridized carbons (Fsp3) is 0.353. The number of halogens is 1. The van der Waals surface area contributed by atoms with Crippen molar-refractivity contribution >= 4 is 34.4 Å². The molecule has 8 heteroatoms. The van der Waals surface area contributed by atoms with Crippen LogP contribution in [0.4, 0.5) is 15.9 Å². The maximum Gasteiger partial charge on any atom is 0.191 e. The largest absolute Gasteiger partial charge is 0.358 e. The minimum Gasteiger partial charge on any atom is -0.358 e. The molecule has 6 nitrogen and oxygen atoms in total. The second kappa shape index (κ2) is 6.97. The summed E-state index contributed by atoms with van der Waals surface area (Å²) in [6.45, 7) is 0.749. The Hall–Kier alpha value is -2.19. The summed E-state index contributed by atoms with van der Waals surface area (Å²) in [5.74, 6) is 0.260. The van der Waals surface area contributed by atoms with Crippen LogP contribution < -0.4 is 5.32 Å². The zero-order chi connectivity index (χ0) is 17.2. The number of ether oxygens (including phenoxy) is 1. The molecule has 3 aromatic rings. The van der Waals surface area contributed by atoms with Gasteiger partial charge in [-0.3, -0.25) is 4.57 Å². The Morgan fingerprint density at radius 3 is 3.00 bits per heavy atom. The van der Waals surface area contributed by atoms with Crippen LogP contribution >= 0.6 is 11.8 Å². The van der Waals surface area contributed by atoms with Crippen LogP contribution in [-0.4, -0.2) is 32.4 Å². The van der Waals surface area contributed by atoms with Gasteiger partial charge in [-0.05, 0) is 43.7 Å².